The monoisotopic (exact) mass is 463 g/mol. The molecule has 34 heavy (non-hydrogen) atoms. The highest BCUT2D eigenvalue weighted by atomic mass is 16.5. The topological polar surface area (TPSA) is 57.8 Å². The maximum absolute atomic E-state index is 9.21. The zero-order valence-corrected chi connectivity index (χ0v) is 21.0. The number of ether oxygens (including phenoxy) is 2. The predicted molar refractivity (Wildman–Crippen MR) is 137 cm³/mol. The lowest BCUT2D eigenvalue weighted by Gasteiger charge is -2.41. The molecule has 5 heteroatoms. The van der Waals surface area contributed by atoms with E-state index in [0.29, 0.717) is 12.0 Å². The van der Waals surface area contributed by atoms with Gasteiger partial charge >= 0.3 is 0 Å². The second-order valence-corrected chi connectivity index (χ2v) is 10.5. The highest BCUT2D eigenvalue weighted by Crippen LogP contribution is 2.34. The van der Waals surface area contributed by atoms with E-state index in [-0.39, 0.29) is 12.1 Å². The quantitative estimate of drug-likeness (QED) is 0.359. The summed E-state index contributed by atoms with van der Waals surface area (Å²) in [6.07, 6.45) is 19.6. The lowest BCUT2D eigenvalue weighted by Crippen LogP contribution is -2.46. The number of rotatable bonds is 9. The molecule has 0 N–H and O–H groups in total. The van der Waals surface area contributed by atoms with Gasteiger partial charge in [0.05, 0.1) is 30.4 Å². The fourth-order valence-corrected chi connectivity index (χ4v) is 5.36. The van der Waals surface area contributed by atoms with E-state index in [9.17, 15) is 5.26 Å². The number of hydrazone groups is 1. The first kappa shape index (κ1) is 24.8. The first-order chi connectivity index (χ1) is 16.6. The SMILES string of the molecule is C=C(/C=C/CC1COC2=C(CC(C#N)C=C2)C1)C1=NN2CCC(CCCC(C)CC)OC2CC1. The summed E-state index contributed by atoms with van der Waals surface area (Å²) in [5.41, 5.74) is 3.39. The normalized spacial score (nSPS) is 29.7. The van der Waals surface area contributed by atoms with Crippen molar-refractivity contribution in [3.05, 3.63) is 47.8 Å². The Hall–Kier alpha value is -2.32. The third kappa shape index (κ3) is 6.42. The molecular formula is C29H41N3O2. The fourth-order valence-electron chi connectivity index (χ4n) is 5.36. The van der Waals surface area contributed by atoms with Gasteiger partial charge in [-0.05, 0) is 68.1 Å². The molecule has 3 aliphatic heterocycles. The molecule has 0 aromatic heterocycles. The van der Waals surface area contributed by atoms with Crippen molar-refractivity contribution >= 4 is 5.71 Å². The lowest BCUT2D eigenvalue weighted by molar-refractivity contribution is -0.147. The van der Waals surface area contributed by atoms with Gasteiger partial charge in [-0.1, -0.05) is 57.9 Å². The molecule has 0 amide bonds. The minimum absolute atomic E-state index is 0.0108. The Kier molecular flexibility index (Phi) is 8.67. The molecule has 5 atom stereocenters. The highest BCUT2D eigenvalue weighted by Gasteiger charge is 2.31. The van der Waals surface area contributed by atoms with Gasteiger partial charge in [-0.3, -0.25) is 5.01 Å². The Bertz CT molecular complexity index is 894. The van der Waals surface area contributed by atoms with Crippen molar-refractivity contribution in [1.82, 2.24) is 5.01 Å². The summed E-state index contributed by atoms with van der Waals surface area (Å²) < 4.78 is 12.3. The zero-order chi connectivity index (χ0) is 23.9. The summed E-state index contributed by atoms with van der Waals surface area (Å²) in [6, 6.07) is 2.36. The van der Waals surface area contributed by atoms with Crippen LogP contribution in [0.4, 0.5) is 0 Å². The molecule has 3 heterocycles. The van der Waals surface area contributed by atoms with Crippen LogP contribution in [0.1, 0.15) is 78.1 Å². The molecule has 5 unspecified atom stereocenters. The highest BCUT2D eigenvalue weighted by molar-refractivity contribution is 6.02. The maximum Gasteiger partial charge on any atom is 0.146 e. The molecule has 184 valence electrons. The molecule has 0 saturated carbocycles. The minimum atomic E-state index is -0.0108. The summed E-state index contributed by atoms with van der Waals surface area (Å²) in [5, 5.41) is 16.3. The van der Waals surface area contributed by atoms with Crippen LogP contribution < -0.4 is 0 Å². The van der Waals surface area contributed by atoms with Crippen LogP contribution in [0, 0.1) is 29.1 Å². The first-order valence-electron chi connectivity index (χ1n) is 13.3. The van der Waals surface area contributed by atoms with Crippen LogP contribution in [0.5, 0.6) is 0 Å². The number of allylic oxidation sites excluding steroid dienone is 6. The Morgan fingerprint density at radius 2 is 2.26 bits per heavy atom. The molecule has 4 rings (SSSR count). The third-order valence-electron chi connectivity index (χ3n) is 7.79. The number of hydrogen-bond acceptors (Lipinski definition) is 5. The van der Waals surface area contributed by atoms with Crippen LogP contribution in [0.2, 0.25) is 0 Å². The Balaban J connectivity index is 1.22. The average Bonchev–Trinajstić information content (AvgIpc) is 2.87. The van der Waals surface area contributed by atoms with Crippen molar-refractivity contribution in [2.24, 2.45) is 22.9 Å². The van der Waals surface area contributed by atoms with Crippen molar-refractivity contribution in [1.29, 1.82) is 5.26 Å². The number of nitriles is 1. The molecule has 0 spiro atoms. The average molecular weight is 464 g/mol. The Morgan fingerprint density at radius 3 is 3.09 bits per heavy atom. The molecule has 0 radical (unpaired) electrons. The van der Waals surface area contributed by atoms with E-state index < -0.39 is 0 Å². The summed E-state index contributed by atoms with van der Waals surface area (Å²) >= 11 is 0. The van der Waals surface area contributed by atoms with Crippen LogP contribution in [0.25, 0.3) is 0 Å². The van der Waals surface area contributed by atoms with Gasteiger partial charge in [-0.15, -0.1) is 0 Å². The molecule has 0 aromatic carbocycles. The summed E-state index contributed by atoms with van der Waals surface area (Å²) in [6.45, 7) is 10.6. The van der Waals surface area contributed by atoms with E-state index in [0.717, 1.165) is 74.6 Å². The smallest absolute Gasteiger partial charge is 0.146 e. The van der Waals surface area contributed by atoms with E-state index >= 15 is 0 Å². The van der Waals surface area contributed by atoms with Crippen molar-refractivity contribution in [2.45, 2.75) is 90.4 Å². The van der Waals surface area contributed by atoms with Crippen LogP contribution in [0.15, 0.2) is 52.9 Å². The lowest BCUT2D eigenvalue weighted by atomic mass is 9.85. The van der Waals surface area contributed by atoms with Crippen molar-refractivity contribution in [3.63, 3.8) is 0 Å². The van der Waals surface area contributed by atoms with Crippen LogP contribution >= 0.6 is 0 Å². The van der Waals surface area contributed by atoms with Gasteiger partial charge in [0.15, 0.2) is 0 Å². The molecule has 1 saturated heterocycles. The second-order valence-electron chi connectivity index (χ2n) is 10.5. The molecular weight excluding hydrogens is 422 g/mol. The molecule has 1 fully saturated rings. The van der Waals surface area contributed by atoms with Gasteiger partial charge in [0.25, 0.3) is 0 Å². The largest absolute Gasteiger partial charge is 0.493 e. The zero-order valence-electron chi connectivity index (χ0n) is 21.0. The fraction of sp³-hybridized carbons (Fsp3) is 0.655. The van der Waals surface area contributed by atoms with Gasteiger partial charge in [0.2, 0.25) is 0 Å². The van der Waals surface area contributed by atoms with Crippen LogP contribution in [0.3, 0.4) is 0 Å². The van der Waals surface area contributed by atoms with Gasteiger partial charge in [-0.25, -0.2) is 0 Å². The predicted octanol–water partition coefficient (Wildman–Crippen LogP) is 6.66. The van der Waals surface area contributed by atoms with Crippen LogP contribution in [-0.4, -0.2) is 36.2 Å². The molecule has 1 aliphatic carbocycles. The summed E-state index contributed by atoms with van der Waals surface area (Å²) in [7, 11) is 0. The number of fused-ring (bicyclic) bond motifs is 1. The number of hydrogen-bond donors (Lipinski definition) is 0. The molecule has 4 aliphatic rings. The molecule has 0 bridgehead atoms. The van der Waals surface area contributed by atoms with Gasteiger partial charge < -0.3 is 9.47 Å². The Morgan fingerprint density at radius 1 is 1.38 bits per heavy atom. The van der Waals surface area contributed by atoms with E-state index in [4.69, 9.17) is 14.6 Å². The van der Waals surface area contributed by atoms with Crippen LogP contribution in [-0.2, 0) is 9.47 Å². The van der Waals surface area contributed by atoms with Gasteiger partial charge in [0.1, 0.15) is 12.0 Å². The molecule has 5 nitrogen and oxygen atoms in total. The van der Waals surface area contributed by atoms with Crippen molar-refractivity contribution < 1.29 is 9.47 Å². The van der Waals surface area contributed by atoms with E-state index in [2.05, 4.69) is 43.7 Å². The van der Waals surface area contributed by atoms with Crippen molar-refractivity contribution in [3.8, 4) is 6.07 Å². The van der Waals surface area contributed by atoms with Crippen molar-refractivity contribution in [2.75, 3.05) is 13.2 Å². The van der Waals surface area contributed by atoms with E-state index in [1.165, 1.54) is 31.3 Å². The molecule has 0 aromatic rings. The second kappa shape index (κ2) is 11.9. The maximum atomic E-state index is 9.21. The minimum Gasteiger partial charge on any atom is -0.493 e. The van der Waals surface area contributed by atoms with Gasteiger partial charge in [0, 0.05) is 12.5 Å². The van der Waals surface area contributed by atoms with E-state index in [1.54, 1.807) is 0 Å². The number of nitrogens with zero attached hydrogens (tertiary/aromatic N) is 3. The van der Waals surface area contributed by atoms with E-state index in [1.807, 2.05) is 12.2 Å². The van der Waals surface area contributed by atoms with Gasteiger partial charge in [-0.2, -0.15) is 10.4 Å². The summed E-state index contributed by atoms with van der Waals surface area (Å²) in [4.78, 5) is 0. The Labute approximate surface area is 205 Å². The standard InChI is InChI=1S/C29H41N3O2/c1-4-21(2)7-5-10-26-15-16-32-29(34-26)14-12-27(31-32)22(3)8-6-9-24-18-25-17-23(19-30)11-13-28(25)33-20-24/h6,8,11,13,21,23-24,26,29H,3-5,7,9-10,12,14-18,20H2,1-2H3/b8-6+. The third-order valence-corrected chi connectivity index (χ3v) is 7.79. The first-order valence-corrected chi connectivity index (χ1v) is 13.3. The summed E-state index contributed by atoms with van der Waals surface area (Å²) in [5.74, 6) is 2.26.